The Balaban J connectivity index is 5.00. The standard InChI is InChI=1S/C14H27NO4/c1-7-15(13(17)19-9-3)11(14(4,5)6)10-12(16)18-8-2/h11H,7-10H2,1-6H3. The largest absolute Gasteiger partial charge is 0.466 e. The van der Waals surface area contributed by atoms with Gasteiger partial charge in [-0.3, -0.25) is 4.79 Å². The summed E-state index contributed by atoms with van der Waals surface area (Å²) in [7, 11) is 0. The molecule has 19 heavy (non-hydrogen) atoms. The van der Waals surface area contributed by atoms with Crippen LogP contribution in [-0.4, -0.2) is 42.8 Å². The van der Waals surface area contributed by atoms with E-state index in [1.807, 2.05) is 27.7 Å². The van der Waals surface area contributed by atoms with Crippen LogP contribution in [0.15, 0.2) is 0 Å². The Labute approximate surface area is 116 Å². The lowest BCUT2D eigenvalue weighted by Crippen LogP contribution is -2.48. The second-order valence-electron chi connectivity index (χ2n) is 5.38. The van der Waals surface area contributed by atoms with E-state index >= 15 is 0 Å². The molecule has 0 bridgehead atoms. The summed E-state index contributed by atoms with van der Waals surface area (Å²) >= 11 is 0. The summed E-state index contributed by atoms with van der Waals surface area (Å²) < 4.78 is 10.0. The van der Waals surface area contributed by atoms with E-state index in [0.29, 0.717) is 19.8 Å². The number of nitrogens with zero attached hydrogens (tertiary/aromatic N) is 1. The first-order chi connectivity index (χ1) is 8.77. The number of ether oxygens (including phenoxy) is 2. The fourth-order valence-electron chi connectivity index (χ4n) is 1.94. The van der Waals surface area contributed by atoms with Crippen LogP contribution in [0.1, 0.15) is 48.0 Å². The van der Waals surface area contributed by atoms with E-state index in [2.05, 4.69) is 0 Å². The Bertz CT molecular complexity index is 296. The zero-order valence-electron chi connectivity index (χ0n) is 13.0. The molecule has 0 N–H and O–H groups in total. The van der Waals surface area contributed by atoms with Crippen molar-refractivity contribution in [2.75, 3.05) is 19.8 Å². The fraction of sp³-hybridized carbons (Fsp3) is 0.857. The monoisotopic (exact) mass is 273 g/mol. The topological polar surface area (TPSA) is 55.8 Å². The Morgan fingerprint density at radius 1 is 1.05 bits per heavy atom. The summed E-state index contributed by atoms with van der Waals surface area (Å²) in [4.78, 5) is 25.3. The molecule has 0 saturated heterocycles. The summed E-state index contributed by atoms with van der Waals surface area (Å²) in [6.07, 6.45) is -0.196. The molecule has 0 rings (SSSR count). The molecule has 1 unspecified atom stereocenters. The van der Waals surface area contributed by atoms with Crippen molar-refractivity contribution in [3.63, 3.8) is 0 Å². The summed E-state index contributed by atoms with van der Waals surface area (Å²) in [5, 5.41) is 0. The van der Waals surface area contributed by atoms with Crippen molar-refractivity contribution in [1.82, 2.24) is 4.90 Å². The minimum atomic E-state index is -0.380. The van der Waals surface area contributed by atoms with Crippen LogP contribution in [0.2, 0.25) is 0 Å². The van der Waals surface area contributed by atoms with Gasteiger partial charge in [0.2, 0.25) is 0 Å². The smallest absolute Gasteiger partial charge is 0.410 e. The molecule has 0 saturated carbocycles. The molecule has 0 spiro atoms. The molecule has 112 valence electrons. The van der Waals surface area contributed by atoms with Gasteiger partial charge in [0, 0.05) is 6.54 Å². The highest BCUT2D eigenvalue weighted by atomic mass is 16.6. The average Bonchev–Trinajstić information content (AvgIpc) is 2.28. The fourth-order valence-corrected chi connectivity index (χ4v) is 1.94. The molecule has 0 fully saturated rings. The molecule has 0 aliphatic heterocycles. The minimum Gasteiger partial charge on any atom is -0.466 e. The quantitative estimate of drug-likeness (QED) is 0.698. The Morgan fingerprint density at radius 3 is 1.95 bits per heavy atom. The summed E-state index contributed by atoms with van der Waals surface area (Å²) in [6.45, 7) is 12.6. The van der Waals surface area contributed by atoms with Crippen LogP contribution in [0.25, 0.3) is 0 Å². The van der Waals surface area contributed by atoms with E-state index in [9.17, 15) is 9.59 Å². The number of amides is 1. The Kier molecular flexibility index (Phi) is 7.49. The highest BCUT2D eigenvalue weighted by Crippen LogP contribution is 2.28. The Morgan fingerprint density at radius 2 is 1.58 bits per heavy atom. The molecule has 1 atom stereocenters. The van der Waals surface area contributed by atoms with Crippen LogP contribution in [0.3, 0.4) is 0 Å². The van der Waals surface area contributed by atoms with Crippen molar-refractivity contribution in [3.8, 4) is 0 Å². The summed E-state index contributed by atoms with van der Waals surface area (Å²) in [5.74, 6) is -0.287. The molecule has 0 aromatic heterocycles. The van der Waals surface area contributed by atoms with E-state index in [1.165, 1.54) is 0 Å². The van der Waals surface area contributed by atoms with E-state index < -0.39 is 0 Å². The van der Waals surface area contributed by atoms with Crippen molar-refractivity contribution >= 4 is 12.1 Å². The third-order valence-electron chi connectivity index (χ3n) is 2.88. The molecule has 0 aromatic rings. The van der Waals surface area contributed by atoms with E-state index in [-0.39, 0.29) is 29.9 Å². The van der Waals surface area contributed by atoms with E-state index in [1.54, 1.807) is 18.7 Å². The predicted molar refractivity (Wildman–Crippen MR) is 73.9 cm³/mol. The van der Waals surface area contributed by atoms with Gasteiger partial charge in [-0.25, -0.2) is 4.79 Å². The van der Waals surface area contributed by atoms with Crippen LogP contribution in [0.4, 0.5) is 4.79 Å². The maximum atomic E-state index is 12.0. The average molecular weight is 273 g/mol. The number of esters is 1. The molecular formula is C14H27NO4. The lowest BCUT2D eigenvalue weighted by atomic mass is 9.83. The molecular weight excluding hydrogens is 246 g/mol. The first kappa shape index (κ1) is 17.7. The highest BCUT2D eigenvalue weighted by molar-refractivity contribution is 5.73. The van der Waals surface area contributed by atoms with E-state index in [4.69, 9.17) is 9.47 Å². The van der Waals surface area contributed by atoms with Gasteiger partial charge in [-0.05, 0) is 26.2 Å². The van der Waals surface area contributed by atoms with Crippen LogP contribution in [0, 0.1) is 5.41 Å². The zero-order valence-corrected chi connectivity index (χ0v) is 13.0. The third-order valence-corrected chi connectivity index (χ3v) is 2.88. The van der Waals surface area contributed by atoms with Crippen molar-refractivity contribution in [3.05, 3.63) is 0 Å². The molecule has 5 nitrogen and oxygen atoms in total. The van der Waals surface area contributed by atoms with Gasteiger partial charge in [-0.2, -0.15) is 0 Å². The second kappa shape index (κ2) is 8.02. The maximum Gasteiger partial charge on any atom is 0.410 e. The van der Waals surface area contributed by atoms with Gasteiger partial charge in [0.1, 0.15) is 0 Å². The van der Waals surface area contributed by atoms with Gasteiger partial charge in [0.15, 0.2) is 0 Å². The first-order valence-corrected chi connectivity index (χ1v) is 6.86. The number of hydrogen-bond acceptors (Lipinski definition) is 4. The van der Waals surface area contributed by atoms with Crippen molar-refractivity contribution in [2.45, 2.75) is 54.0 Å². The van der Waals surface area contributed by atoms with E-state index in [0.717, 1.165) is 0 Å². The van der Waals surface area contributed by atoms with Gasteiger partial charge < -0.3 is 14.4 Å². The maximum absolute atomic E-state index is 12.0. The van der Waals surface area contributed by atoms with Crippen molar-refractivity contribution in [2.24, 2.45) is 5.41 Å². The van der Waals surface area contributed by atoms with Crippen LogP contribution >= 0.6 is 0 Å². The normalized spacial score (nSPS) is 12.7. The van der Waals surface area contributed by atoms with Gasteiger partial charge in [0.05, 0.1) is 25.7 Å². The Hall–Kier alpha value is -1.26. The predicted octanol–water partition coefficient (Wildman–Crippen LogP) is 2.83. The lowest BCUT2D eigenvalue weighted by molar-refractivity contribution is -0.145. The SMILES string of the molecule is CCOC(=O)CC(N(CC)C(=O)OCC)C(C)(C)C. The summed E-state index contributed by atoms with van der Waals surface area (Å²) in [5.41, 5.74) is -0.227. The lowest BCUT2D eigenvalue weighted by Gasteiger charge is -2.38. The summed E-state index contributed by atoms with van der Waals surface area (Å²) in [6, 6.07) is -0.240. The van der Waals surface area contributed by atoms with Crippen molar-refractivity contribution < 1.29 is 19.1 Å². The third kappa shape index (κ3) is 5.94. The minimum absolute atomic E-state index is 0.185. The van der Waals surface area contributed by atoms with Crippen LogP contribution in [-0.2, 0) is 14.3 Å². The number of rotatable bonds is 6. The second-order valence-corrected chi connectivity index (χ2v) is 5.38. The van der Waals surface area contributed by atoms with Gasteiger partial charge in [-0.1, -0.05) is 20.8 Å². The molecule has 0 aliphatic rings. The molecule has 0 aliphatic carbocycles. The zero-order chi connectivity index (χ0) is 15.1. The number of carbonyl (C=O) groups excluding carboxylic acids is 2. The molecule has 0 aromatic carbocycles. The highest BCUT2D eigenvalue weighted by Gasteiger charge is 2.35. The van der Waals surface area contributed by atoms with Gasteiger partial charge in [0.25, 0.3) is 0 Å². The number of hydrogen-bond donors (Lipinski definition) is 0. The van der Waals surface area contributed by atoms with Crippen molar-refractivity contribution in [1.29, 1.82) is 0 Å². The molecule has 1 amide bonds. The molecule has 0 radical (unpaired) electrons. The van der Waals surface area contributed by atoms with Gasteiger partial charge in [-0.15, -0.1) is 0 Å². The molecule has 5 heteroatoms. The first-order valence-electron chi connectivity index (χ1n) is 6.86. The number of carbonyl (C=O) groups is 2. The molecule has 0 heterocycles. The van der Waals surface area contributed by atoms with Crippen LogP contribution < -0.4 is 0 Å². The van der Waals surface area contributed by atoms with Gasteiger partial charge >= 0.3 is 12.1 Å². The van der Waals surface area contributed by atoms with Crippen LogP contribution in [0.5, 0.6) is 0 Å².